The number of hydrogen-bond donors (Lipinski definition) is 2. The second-order valence-corrected chi connectivity index (χ2v) is 4.81. The number of nitro groups is 1. The van der Waals surface area contributed by atoms with Crippen molar-refractivity contribution >= 4 is 23.0 Å². The first-order chi connectivity index (χ1) is 9.65. The molecule has 1 aromatic heterocycles. The van der Waals surface area contributed by atoms with Gasteiger partial charge < -0.3 is 20.7 Å². The molecule has 0 spiro atoms. The zero-order valence-electron chi connectivity index (χ0n) is 11.1. The maximum absolute atomic E-state index is 10.9. The van der Waals surface area contributed by atoms with E-state index >= 15 is 0 Å². The molecule has 0 fully saturated rings. The fraction of sp³-hybridized carbons (Fsp3) is 0.308. The smallest absolute Gasteiger partial charge is 0.385 e. The van der Waals surface area contributed by atoms with Gasteiger partial charge in [-0.25, -0.2) is 0 Å². The summed E-state index contributed by atoms with van der Waals surface area (Å²) in [5, 5.41) is 17.4. The van der Waals surface area contributed by atoms with Crippen LogP contribution >= 0.6 is 0 Å². The van der Waals surface area contributed by atoms with Crippen molar-refractivity contribution < 1.29 is 4.92 Å². The van der Waals surface area contributed by atoms with Crippen LogP contribution in [0.15, 0.2) is 24.5 Å². The molecular formula is C13H15N5O2. The van der Waals surface area contributed by atoms with E-state index in [0.717, 1.165) is 30.8 Å². The number of benzene rings is 1. The predicted molar refractivity (Wildman–Crippen MR) is 76.4 cm³/mol. The van der Waals surface area contributed by atoms with Gasteiger partial charge in [-0.05, 0) is 46.5 Å². The standard InChI is InChI=1S/C13H15N5O2/c1-17-8-15-12(18(19)20)13(17)16-10-4-5-11-9(7-10)3-2-6-14-11/h4-5,7-8,14,16H,2-3,6H2,1H3. The van der Waals surface area contributed by atoms with Gasteiger partial charge in [0.05, 0.1) is 0 Å². The van der Waals surface area contributed by atoms with Crippen LogP contribution < -0.4 is 10.6 Å². The van der Waals surface area contributed by atoms with E-state index in [9.17, 15) is 10.1 Å². The number of anilines is 3. The van der Waals surface area contributed by atoms with Gasteiger partial charge in [0.15, 0.2) is 0 Å². The molecule has 0 saturated heterocycles. The highest BCUT2D eigenvalue weighted by atomic mass is 16.6. The second-order valence-electron chi connectivity index (χ2n) is 4.81. The molecule has 0 atom stereocenters. The molecule has 2 aromatic rings. The van der Waals surface area contributed by atoms with E-state index in [4.69, 9.17) is 0 Å². The molecule has 0 amide bonds. The maximum atomic E-state index is 10.9. The quantitative estimate of drug-likeness (QED) is 0.662. The third-order valence-electron chi connectivity index (χ3n) is 3.40. The molecule has 0 radical (unpaired) electrons. The first-order valence-electron chi connectivity index (χ1n) is 6.44. The van der Waals surface area contributed by atoms with Crippen LogP contribution in [-0.4, -0.2) is 21.0 Å². The molecule has 0 saturated carbocycles. The summed E-state index contributed by atoms with van der Waals surface area (Å²) in [6, 6.07) is 5.94. The minimum absolute atomic E-state index is 0.164. The van der Waals surface area contributed by atoms with Gasteiger partial charge in [-0.15, -0.1) is 0 Å². The SMILES string of the molecule is Cn1cnc([N+](=O)[O-])c1Nc1ccc2c(c1)CCCN2. The highest BCUT2D eigenvalue weighted by Crippen LogP contribution is 2.29. The summed E-state index contributed by atoms with van der Waals surface area (Å²) in [6.45, 7) is 0.993. The van der Waals surface area contributed by atoms with Crippen molar-refractivity contribution in [3.05, 3.63) is 40.2 Å². The van der Waals surface area contributed by atoms with Crippen molar-refractivity contribution in [3.63, 3.8) is 0 Å². The molecule has 0 unspecified atom stereocenters. The third-order valence-corrected chi connectivity index (χ3v) is 3.40. The van der Waals surface area contributed by atoms with Crippen molar-refractivity contribution in [2.24, 2.45) is 7.05 Å². The number of aryl methyl sites for hydroxylation is 2. The Morgan fingerprint density at radius 3 is 3.15 bits per heavy atom. The molecule has 2 heterocycles. The van der Waals surface area contributed by atoms with Gasteiger partial charge in [0.25, 0.3) is 0 Å². The Bertz CT molecular complexity index is 665. The van der Waals surface area contributed by atoms with Gasteiger partial charge in [-0.3, -0.25) is 4.57 Å². The average molecular weight is 273 g/mol. The minimum Gasteiger partial charge on any atom is -0.385 e. The Labute approximate surface area is 115 Å². The van der Waals surface area contributed by atoms with E-state index in [1.54, 1.807) is 11.6 Å². The maximum Gasteiger partial charge on any atom is 0.406 e. The van der Waals surface area contributed by atoms with Crippen LogP contribution in [0.3, 0.4) is 0 Å². The zero-order valence-corrected chi connectivity index (χ0v) is 11.1. The predicted octanol–water partition coefficient (Wildman–Crippen LogP) is 2.43. The summed E-state index contributed by atoms with van der Waals surface area (Å²) in [4.78, 5) is 14.2. The van der Waals surface area contributed by atoms with E-state index in [2.05, 4.69) is 15.6 Å². The molecule has 1 aliphatic heterocycles. The van der Waals surface area contributed by atoms with Crippen LogP contribution in [0, 0.1) is 10.1 Å². The summed E-state index contributed by atoms with van der Waals surface area (Å²) < 4.78 is 1.61. The number of hydrogen-bond acceptors (Lipinski definition) is 5. The van der Waals surface area contributed by atoms with Crippen molar-refractivity contribution in [3.8, 4) is 0 Å². The fourth-order valence-electron chi connectivity index (χ4n) is 2.38. The van der Waals surface area contributed by atoms with Crippen molar-refractivity contribution in [2.45, 2.75) is 12.8 Å². The molecule has 7 nitrogen and oxygen atoms in total. The van der Waals surface area contributed by atoms with Gasteiger partial charge in [-0.2, -0.15) is 0 Å². The van der Waals surface area contributed by atoms with Gasteiger partial charge >= 0.3 is 5.82 Å². The van der Waals surface area contributed by atoms with Gasteiger partial charge in [0.2, 0.25) is 12.1 Å². The van der Waals surface area contributed by atoms with Crippen LogP contribution in [-0.2, 0) is 13.5 Å². The molecule has 104 valence electrons. The van der Waals surface area contributed by atoms with Crippen molar-refractivity contribution in [2.75, 3.05) is 17.2 Å². The summed E-state index contributed by atoms with van der Waals surface area (Å²) >= 11 is 0. The number of nitrogens with one attached hydrogen (secondary N) is 2. The lowest BCUT2D eigenvalue weighted by atomic mass is 10.0. The number of nitrogens with zero attached hydrogens (tertiary/aromatic N) is 3. The Kier molecular flexibility index (Phi) is 3.02. The Morgan fingerprint density at radius 2 is 2.35 bits per heavy atom. The van der Waals surface area contributed by atoms with Gasteiger partial charge in [0, 0.05) is 25.0 Å². The molecule has 20 heavy (non-hydrogen) atoms. The lowest BCUT2D eigenvalue weighted by Gasteiger charge is -2.19. The first kappa shape index (κ1) is 12.5. The highest BCUT2D eigenvalue weighted by Gasteiger charge is 2.20. The van der Waals surface area contributed by atoms with Crippen molar-refractivity contribution in [1.82, 2.24) is 9.55 Å². The first-order valence-corrected chi connectivity index (χ1v) is 6.44. The second kappa shape index (κ2) is 4.84. The number of fused-ring (bicyclic) bond motifs is 1. The third kappa shape index (κ3) is 2.18. The van der Waals surface area contributed by atoms with Crippen LogP contribution in [0.25, 0.3) is 0 Å². The molecule has 1 aromatic carbocycles. The van der Waals surface area contributed by atoms with Crippen molar-refractivity contribution in [1.29, 1.82) is 0 Å². The van der Waals surface area contributed by atoms with Crippen LogP contribution in [0.1, 0.15) is 12.0 Å². The molecular weight excluding hydrogens is 258 g/mol. The Morgan fingerprint density at radius 1 is 1.50 bits per heavy atom. The lowest BCUT2D eigenvalue weighted by Crippen LogP contribution is -2.11. The minimum atomic E-state index is -0.484. The molecule has 0 aliphatic carbocycles. The number of aromatic nitrogens is 2. The van der Waals surface area contributed by atoms with E-state index in [0.29, 0.717) is 5.82 Å². The van der Waals surface area contributed by atoms with Gasteiger partial charge in [-0.1, -0.05) is 0 Å². The van der Waals surface area contributed by atoms with Crippen LogP contribution in [0.5, 0.6) is 0 Å². The van der Waals surface area contributed by atoms with Crippen LogP contribution in [0.2, 0.25) is 0 Å². The van der Waals surface area contributed by atoms with E-state index in [-0.39, 0.29) is 5.82 Å². The van der Waals surface area contributed by atoms with E-state index < -0.39 is 4.92 Å². The lowest BCUT2D eigenvalue weighted by molar-refractivity contribution is -0.388. The average Bonchev–Trinajstić information content (AvgIpc) is 2.80. The number of imidazole rings is 1. The van der Waals surface area contributed by atoms with E-state index in [1.165, 1.54) is 11.9 Å². The molecule has 0 bridgehead atoms. The fourth-order valence-corrected chi connectivity index (χ4v) is 2.38. The molecule has 1 aliphatic rings. The zero-order chi connectivity index (χ0) is 14.1. The summed E-state index contributed by atoms with van der Waals surface area (Å²) in [5.41, 5.74) is 3.20. The normalized spacial score (nSPS) is 13.4. The Hall–Kier alpha value is -2.57. The Balaban J connectivity index is 1.92. The summed E-state index contributed by atoms with van der Waals surface area (Å²) in [7, 11) is 1.72. The van der Waals surface area contributed by atoms with Gasteiger partial charge in [0.1, 0.15) is 0 Å². The van der Waals surface area contributed by atoms with E-state index in [1.807, 2.05) is 18.2 Å². The highest BCUT2D eigenvalue weighted by molar-refractivity contribution is 5.68. The summed E-state index contributed by atoms with van der Waals surface area (Å²) in [6.07, 6.45) is 3.55. The number of rotatable bonds is 3. The summed E-state index contributed by atoms with van der Waals surface area (Å²) in [5.74, 6) is 0.224. The molecule has 2 N–H and O–H groups in total. The largest absolute Gasteiger partial charge is 0.406 e. The topological polar surface area (TPSA) is 85.0 Å². The van der Waals surface area contributed by atoms with Crippen LogP contribution in [0.4, 0.5) is 23.0 Å². The molecule has 3 rings (SSSR count). The monoisotopic (exact) mass is 273 g/mol. The molecule has 7 heteroatoms.